The molecule has 0 N–H and O–H groups in total. The molecule has 224 valence electrons. The number of rotatable bonds is 5. The fraction of sp³-hybridized carbons (Fsp3) is 0.174. The minimum Gasteiger partial charge on any atom is -0.0616 e. The van der Waals surface area contributed by atoms with E-state index in [2.05, 4.69) is 162 Å². The van der Waals surface area contributed by atoms with Crippen molar-refractivity contribution in [2.24, 2.45) is 0 Å². The van der Waals surface area contributed by atoms with Crippen LogP contribution >= 0.6 is 0 Å². The third-order valence-corrected chi connectivity index (χ3v) is 10.2. The molecule has 0 aliphatic heterocycles. The van der Waals surface area contributed by atoms with Gasteiger partial charge in [0.05, 0.1) is 0 Å². The largest absolute Gasteiger partial charge is 0.0616 e. The quantitative estimate of drug-likeness (QED) is 0.174. The highest BCUT2D eigenvalue weighted by atomic mass is 14.2. The van der Waals surface area contributed by atoms with Gasteiger partial charge in [0, 0.05) is 0 Å². The number of fused-ring (bicyclic) bond motifs is 1. The van der Waals surface area contributed by atoms with Crippen LogP contribution in [0.5, 0.6) is 0 Å². The Labute approximate surface area is 272 Å². The fourth-order valence-electron chi connectivity index (χ4n) is 7.66. The van der Waals surface area contributed by atoms with E-state index in [1.54, 1.807) is 0 Å². The van der Waals surface area contributed by atoms with E-state index in [1.807, 2.05) is 0 Å². The minimum atomic E-state index is 0.135. The van der Waals surface area contributed by atoms with E-state index in [-0.39, 0.29) is 5.41 Å². The first-order valence-electron chi connectivity index (χ1n) is 16.8. The maximum absolute atomic E-state index is 2.48. The zero-order chi connectivity index (χ0) is 31.6. The highest BCUT2D eigenvalue weighted by Gasteiger charge is 2.20. The number of hydrogen-bond acceptors (Lipinski definition) is 0. The Kier molecular flexibility index (Phi) is 6.73. The van der Waals surface area contributed by atoms with Crippen LogP contribution in [0.2, 0.25) is 0 Å². The van der Waals surface area contributed by atoms with E-state index in [0.29, 0.717) is 0 Å². The third-order valence-electron chi connectivity index (χ3n) is 10.2. The standard InChI is InChI=1S/C46H40/c1-6-29-27-42-38(33-17-15-32(16-18-33)37-14-10-12-31-11-8-9-13-36(31)37)23-25-40-30(7-2)28-43-39(24-26-41(29)45(43)44(40)42)34-19-21-35(22-20-34)46(3,4)5/h8-28H,6-7H2,1-5H3. The van der Waals surface area contributed by atoms with Gasteiger partial charge in [-0.1, -0.05) is 150 Å². The average molecular weight is 593 g/mol. The van der Waals surface area contributed by atoms with Crippen LogP contribution in [0.15, 0.2) is 127 Å². The van der Waals surface area contributed by atoms with Crippen molar-refractivity contribution < 1.29 is 0 Å². The lowest BCUT2D eigenvalue weighted by Gasteiger charge is -2.22. The third kappa shape index (κ3) is 4.51. The average Bonchev–Trinajstić information content (AvgIpc) is 3.09. The van der Waals surface area contributed by atoms with Crippen molar-refractivity contribution in [3.63, 3.8) is 0 Å². The van der Waals surface area contributed by atoms with Crippen molar-refractivity contribution in [3.05, 3.63) is 144 Å². The van der Waals surface area contributed by atoms with Crippen molar-refractivity contribution >= 4 is 43.1 Å². The lowest BCUT2D eigenvalue weighted by molar-refractivity contribution is 0.590. The van der Waals surface area contributed by atoms with Gasteiger partial charge < -0.3 is 0 Å². The molecule has 0 aliphatic rings. The van der Waals surface area contributed by atoms with Crippen molar-refractivity contribution in [2.45, 2.75) is 52.9 Å². The highest BCUT2D eigenvalue weighted by molar-refractivity contribution is 6.29. The summed E-state index contributed by atoms with van der Waals surface area (Å²) in [7, 11) is 0. The molecule has 0 radical (unpaired) electrons. The lowest BCUT2D eigenvalue weighted by atomic mass is 9.82. The summed E-state index contributed by atoms with van der Waals surface area (Å²) in [5.41, 5.74) is 12.1. The zero-order valence-corrected chi connectivity index (χ0v) is 27.5. The van der Waals surface area contributed by atoms with E-state index in [9.17, 15) is 0 Å². The van der Waals surface area contributed by atoms with Gasteiger partial charge in [-0.25, -0.2) is 0 Å². The summed E-state index contributed by atoms with van der Waals surface area (Å²) < 4.78 is 0. The first-order chi connectivity index (χ1) is 22.4. The summed E-state index contributed by atoms with van der Waals surface area (Å²) in [5.74, 6) is 0. The molecular weight excluding hydrogens is 553 g/mol. The van der Waals surface area contributed by atoms with E-state index < -0.39 is 0 Å². The first-order valence-corrected chi connectivity index (χ1v) is 16.8. The van der Waals surface area contributed by atoms with Crippen LogP contribution in [-0.4, -0.2) is 0 Å². The molecule has 46 heavy (non-hydrogen) atoms. The van der Waals surface area contributed by atoms with Crippen LogP contribution in [-0.2, 0) is 18.3 Å². The maximum Gasteiger partial charge on any atom is -0.00174 e. The monoisotopic (exact) mass is 592 g/mol. The number of hydrogen-bond donors (Lipinski definition) is 0. The van der Waals surface area contributed by atoms with Crippen LogP contribution in [0.3, 0.4) is 0 Å². The molecule has 0 fully saturated rings. The summed E-state index contributed by atoms with van der Waals surface area (Å²) in [5, 5.41) is 10.9. The van der Waals surface area contributed by atoms with Crippen molar-refractivity contribution in [3.8, 4) is 33.4 Å². The normalized spacial score (nSPS) is 12.2. The zero-order valence-electron chi connectivity index (χ0n) is 27.5. The summed E-state index contributed by atoms with van der Waals surface area (Å²) in [6, 6.07) is 48.2. The number of benzene rings is 8. The maximum atomic E-state index is 2.48. The van der Waals surface area contributed by atoms with Crippen molar-refractivity contribution in [1.82, 2.24) is 0 Å². The molecule has 8 rings (SSSR count). The van der Waals surface area contributed by atoms with Gasteiger partial charge in [0.15, 0.2) is 0 Å². The minimum absolute atomic E-state index is 0.135. The Morgan fingerprint density at radius 3 is 1.37 bits per heavy atom. The second-order valence-corrected chi connectivity index (χ2v) is 13.9. The van der Waals surface area contributed by atoms with E-state index in [4.69, 9.17) is 0 Å². The van der Waals surface area contributed by atoms with Gasteiger partial charge >= 0.3 is 0 Å². The topological polar surface area (TPSA) is 0 Å². The highest BCUT2D eigenvalue weighted by Crippen LogP contribution is 2.45. The van der Waals surface area contributed by atoms with Gasteiger partial charge in [0.25, 0.3) is 0 Å². The van der Waals surface area contributed by atoms with Crippen LogP contribution in [0.25, 0.3) is 76.5 Å². The summed E-state index contributed by atoms with van der Waals surface area (Å²) >= 11 is 0. The van der Waals surface area contributed by atoms with E-state index in [0.717, 1.165) is 12.8 Å². The smallest absolute Gasteiger partial charge is 0.00174 e. The molecule has 0 bridgehead atoms. The molecule has 0 saturated carbocycles. The predicted molar refractivity (Wildman–Crippen MR) is 201 cm³/mol. The van der Waals surface area contributed by atoms with Gasteiger partial charge in [-0.2, -0.15) is 0 Å². The Morgan fingerprint density at radius 1 is 0.413 bits per heavy atom. The van der Waals surface area contributed by atoms with Crippen LogP contribution < -0.4 is 0 Å². The molecular formula is C46H40. The number of aryl methyl sites for hydroxylation is 2. The molecule has 0 unspecified atom stereocenters. The Hall–Kier alpha value is -4.94. The first kappa shape index (κ1) is 28.5. The molecule has 0 atom stereocenters. The molecule has 0 saturated heterocycles. The SMILES string of the molecule is CCc1cc2c(-c3ccc(C(C)(C)C)cc3)ccc3c(CC)cc4c(-c5ccc(-c6cccc7ccccc67)cc5)ccc1c4c32. The summed E-state index contributed by atoms with van der Waals surface area (Å²) in [6.45, 7) is 11.4. The second-order valence-electron chi connectivity index (χ2n) is 13.9. The van der Waals surface area contributed by atoms with Gasteiger partial charge in [-0.15, -0.1) is 0 Å². The fourth-order valence-corrected chi connectivity index (χ4v) is 7.66. The van der Waals surface area contributed by atoms with Crippen LogP contribution in [0.1, 0.15) is 51.3 Å². The van der Waals surface area contributed by atoms with Crippen molar-refractivity contribution in [2.75, 3.05) is 0 Å². The predicted octanol–water partition coefficient (Wildman–Crippen LogP) is 13.2. The second kappa shape index (κ2) is 10.8. The van der Waals surface area contributed by atoms with E-state index >= 15 is 0 Å². The molecule has 0 heterocycles. The molecule has 0 spiro atoms. The van der Waals surface area contributed by atoms with Gasteiger partial charge in [-0.05, 0) is 124 Å². The summed E-state index contributed by atoms with van der Waals surface area (Å²) in [4.78, 5) is 0. The van der Waals surface area contributed by atoms with Gasteiger partial charge in [0.1, 0.15) is 0 Å². The summed E-state index contributed by atoms with van der Waals surface area (Å²) in [6.07, 6.45) is 2.00. The van der Waals surface area contributed by atoms with Gasteiger partial charge in [0.2, 0.25) is 0 Å². The van der Waals surface area contributed by atoms with E-state index in [1.165, 1.54) is 93.2 Å². The van der Waals surface area contributed by atoms with Crippen LogP contribution in [0, 0.1) is 0 Å². The van der Waals surface area contributed by atoms with Gasteiger partial charge in [-0.3, -0.25) is 0 Å². The van der Waals surface area contributed by atoms with Crippen molar-refractivity contribution in [1.29, 1.82) is 0 Å². The molecule has 8 aromatic carbocycles. The Bertz CT molecular complexity index is 2370. The lowest BCUT2D eigenvalue weighted by Crippen LogP contribution is -2.10. The molecule has 0 aromatic heterocycles. The molecule has 0 heteroatoms. The Morgan fingerprint density at radius 2 is 0.870 bits per heavy atom. The molecule has 8 aromatic rings. The Balaban J connectivity index is 1.35. The van der Waals surface area contributed by atoms with Crippen LogP contribution in [0.4, 0.5) is 0 Å². The molecule has 0 amide bonds. The molecule has 0 aliphatic carbocycles. The molecule has 0 nitrogen and oxygen atoms in total.